The molecule has 0 radical (unpaired) electrons. The lowest BCUT2D eigenvalue weighted by Crippen LogP contribution is -2.34. The molecule has 2 aliphatic rings. The molecule has 0 bridgehead atoms. The molecule has 0 unspecified atom stereocenters. The van der Waals surface area contributed by atoms with E-state index in [1.807, 2.05) is 6.07 Å². The van der Waals surface area contributed by atoms with Crippen molar-refractivity contribution in [2.24, 2.45) is 5.92 Å². The summed E-state index contributed by atoms with van der Waals surface area (Å²) >= 11 is 1.60. The van der Waals surface area contributed by atoms with Gasteiger partial charge in [-0.3, -0.25) is 0 Å². The zero-order valence-corrected chi connectivity index (χ0v) is 15.1. The molecule has 6 heteroatoms. The van der Waals surface area contributed by atoms with E-state index in [1.54, 1.807) is 11.3 Å². The third-order valence-corrected chi connectivity index (χ3v) is 5.98. The van der Waals surface area contributed by atoms with Gasteiger partial charge in [0.2, 0.25) is 5.13 Å². The summed E-state index contributed by atoms with van der Waals surface area (Å²) < 4.78 is 0. The van der Waals surface area contributed by atoms with E-state index >= 15 is 0 Å². The van der Waals surface area contributed by atoms with E-state index in [1.165, 1.54) is 51.0 Å². The Hall–Kier alpha value is -1.53. The van der Waals surface area contributed by atoms with Gasteiger partial charge in [0.05, 0.1) is 0 Å². The molecule has 3 heterocycles. The summed E-state index contributed by atoms with van der Waals surface area (Å²) in [7, 11) is 0. The topological polar surface area (TPSA) is 53.9 Å². The first-order valence-electron chi connectivity index (χ1n) is 9.09. The second-order valence-corrected chi connectivity index (χ2v) is 8.01. The number of piperidine rings is 1. The average Bonchev–Trinajstić information content (AvgIpc) is 3.32. The molecule has 0 atom stereocenters. The van der Waals surface area contributed by atoms with E-state index in [9.17, 15) is 0 Å². The maximum absolute atomic E-state index is 4.83. The molecule has 4 rings (SSSR count). The lowest BCUT2D eigenvalue weighted by molar-refractivity contribution is 0.203. The largest absolute Gasteiger partial charge is 0.315 e. The highest BCUT2D eigenvalue weighted by Crippen LogP contribution is 2.33. The summed E-state index contributed by atoms with van der Waals surface area (Å²) in [4.78, 5) is 7.48. The number of nitrogens with zero attached hydrogens (tertiary/aromatic N) is 4. The molecule has 2 aromatic heterocycles. The van der Waals surface area contributed by atoms with Gasteiger partial charge in [0, 0.05) is 18.2 Å². The molecule has 0 spiro atoms. The van der Waals surface area contributed by atoms with Crippen LogP contribution in [0.15, 0.2) is 18.2 Å². The molecule has 0 amide bonds. The van der Waals surface area contributed by atoms with E-state index in [0.717, 1.165) is 28.3 Å². The van der Waals surface area contributed by atoms with Crippen molar-refractivity contribution >= 4 is 22.3 Å². The fourth-order valence-corrected chi connectivity index (χ4v) is 4.07. The van der Waals surface area contributed by atoms with Crippen LogP contribution in [0, 0.1) is 5.92 Å². The normalized spacial score (nSPS) is 19.5. The predicted molar refractivity (Wildman–Crippen MR) is 97.9 cm³/mol. The van der Waals surface area contributed by atoms with Gasteiger partial charge in [0.1, 0.15) is 10.8 Å². The number of anilines is 2. The summed E-state index contributed by atoms with van der Waals surface area (Å²) in [6.07, 6.45) is 6.26. The molecule has 2 aromatic rings. The molecule has 1 saturated heterocycles. The lowest BCUT2D eigenvalue weighted by atomic mass is 9.93. The molecule has 1 N–H and O–H groups in total. The summed E-state index contributed by atoms with van der Waals surface area (Å²) in [6, 6.07) is 6.28. The Kier molecular flexibility index (Phi) is 4.76. The number of hydrogen-bond acceptors (Lipinski definition) is 6. The van der Waals surface area contributed by atoms with Crippen molar-refractivity contribution in [3.05, 3.63) is 28.9 Å². The monoisotopic (exact) mass is 343 g/mol. The van der Waals surface area contributed by atoms with Gasteiger partial charge in [-0.25, -0.2) is 4.98 Å². The van der Waals surface area contributed by atoms with E-state index in [0.29, 0.717) is 5.92 Å². The van der Waals surface area contributed by atoms with Crippen LogP contribution in [0.2, 0.25) is 0 Å². The number of aryl methyl sites for hydroxylation is 1. The van der Waals surface area contributed by atoms with Crippen molar-refractivity contribution in [1.29, 1.82) is 0 Å². The number of aromatic nitrogens is 3. The third-order valence-electron chi connectivity index (χ3n) is 4.99. The Balaban J connectivity index is 1.37. The van der Waals surface area contributed by atoms with Gasteiger partial charge in [-0.1, -0.05) is 24.3 Å². The SMILES string of the molecule is CCc1nnc(Nc2cccc(C3CCN(CC4CC4)CC3)n2)s1. The van der Waals surface area contributed by atoms with Crippen molar-refractivity contribution in [2.75, 3.05) is 25.0 Å². The quantitative estimate of drug-likeness (QED) is 0.864. The van der Waals surface area contributed by atoms with E-state index in [4.69, 9.17) is 4.98 Å². The van der Waals surface area contributed by atoms with Crippen molar-refractivity contribution < 1.29 is 0 Å². The van der Waals surface area contributed by atoms with Crippen LogP contribution in [0.5, 0.6) is 0 Å². The number of likely N-dealkylation sites (tertiary alicyclic amines) is 1. The van der Waals surface area contributed by atoms with E-state index in [2.05, 4.69) is 39.5 Å². The van der Waals surface area contributed by atoms with Gasteiger partial charge < -0.3 is 10.2 Å². The molecule has 1 aliphatic heterocycles. The Morgan fingerprint density at radius 2 is 2.00 bits per heavy atom. The first-order valence-corrected chi connectivity index (χ1v) is 9.90. The third kappa shape index (κ3) is 3.92. The molecule has 2 fully saturated rings. The van der Waals surface area contributed by atoms with Crippen molar-refractivity contribution in [3.63, 3.8) is 0 Å². The molecule has 24 heavy (non-hydrogen) atoms. The zero-order chi connectivity index (χ0) is 16.4. The highest BCUT2D eigenvalue weighted by Gasteiger charge is 2.27. The van der Waals surface area contributed by atoms with Gasteiger partial charge in [0.15, 0.2) is 0 Å². The maximum atomic E-state index is 4.83. The van der Waals surface area contributed by atoms with Crippen LogP contribution in [0.3, 0.4) is 0 Å². The summed E-state index contributed by atoms with van der Waals surface area (Å²) in [5.74, 6) is 2.46. The van der Waals surface area contributed by atoms with Gasteiger partial charge in [-0.15, -0.1) is 10.2 Å². The standard InChI is InChI=1S/C18H25N5S/c1-2-17-21-22-18(24-17)20-16-5-3-4-15(19-16)14-8-10-23(11-9-14)12-13-6-7-13/h3-5,13-14H,2,6-12H2,1H3,(H,19,20,22). The molecule has 0 aromatic carbocycles. The second-order valence-electron chi connectivity index (χ2n) is 6.95. The molecule has 1 aliphatic carbocycles. The van der Waals surface area contributed by atoms with Gasteiger partial charge >= 0.3 is 0 Å². The highest BCUT2D eigenvalue weighted by atomic mass is 32.1. The first kappa shape index (κ1) is 16.0. The molecular weight excluding hydrogens is 318 g/mol. The van der Waals surface area contributed by atoms with Crippen LogP contribution in [0.25, 0.3) is 0 Å². The van der Waals surface area contributed by atoms with Crippen LogP contribution in [-0.2, 0) is 6.42 Å². The molecule has 5 nitrogen and oxygen atoms in total. The summed E-state index contributed by atoms with van der Waals surface area (Å²) in [5.41, 5.74) is 1.21. The van der Waals surface area contributed by atoms with Crippen LogP contribution in [-0.4, -0.2) is 39.7 Å². The molecule has 128 valence electrons. The Morgan fingerprint density at radius 3 is 2.71 bits per heavy atom. The smallest absolute Gasteiger partial charge is 0.211 e. The zero-order valence-electron chi connectivity index (χ0n) is 14.2. The number of pyridine rings is 1. The molecular formula is C18H25N5S. The van der Waals surface area contributed by atoms with Crippen LogP contribution in [0.4, 0.5) is 10.9 Å². The van der Waals surface area contributed by atoms with Crippen molar-refractivity contribution in [3.8, 4) is 0 Å². The van der Waals surface area contributed by atoms with E-state index in [-0.39, 0.29) is 0 Å². The minimum absolute atomic E-state index is 0.586. The van der Waals surface area contributed by atoms with Crippen LogP contribution >= 0.6 is 11.3 Å². The average molecular weight is 344 g/mol. The summed E-state index contributed by atoms with van der Waals surface area (Å²) in [5, 5.41) is 13.5. The highest BCUT2D eigenvalue weighted by molar-refractivity contribution is 7.15. The lowest BCUT2D eigenvalue weighted by Gasteiger charge is -2.31. The Labute approximate surface area is 147 Å². The van der Waals surface area contributed by atoms with Gasteiger partial charge in [-0.05, 0) is 63.2 Å². The maximum Gasteiger partial charge on any atom is 0.211 e. The number of nitrogens with one attached hydrogen (secondary N) is 1. The van der Waals surface area contributed by atoms with Gasteiger partial charge in [-0.2, -0.15) is 0 Å². The number of hydrogen-bond donors (Lipinski definition) is 1. The fraction of sp³-hybridized carbons (Fsp3) is 0.611. The van der Waals surface area contributed by atoms with Crippen molar-refractivity contribution in [1.82, 2.24) is 20.1 Å². The Morgan fingerprint density at radius 1 is 1.17 bits per heavy atom. The Bertz CT molecular complexity index is 674. The number of rotatable bonds is 6. The predicted octanol–water partition coefficient (Wildman–Crippen LogP) is 3.83. The van der Waals surface area contributed by atoms with Crippen LogP contribution < -0.4 is 5.32 Å². The minimum atomic E-state index is 0.586. The van der Waals surface area contributed by atoms with Crippen molar-refractivity contribution in [2.45, 2.75) is 44.9 Å². The van der Waals surface area contributed by atoms with Gasteiger partial charge in [0.25, 0.3) is 0 Å². The molecule has 1 saturated carbocycles. The second kappa shape index (κ2) is 7.15. The summed E-state index contributed by atoms with van der Waals surface area (Å²) in [6.45, 7) is 5.85. The van der Waals surface area contributed by atoms with E-state index < -0.39 is 0 Å². The minimum Gasteiger partial charge on any atom is -0.315 e. The first-order chi connectivity index (χ1) is 11.8. The van der Waals surface area contributed by atoms with Crippen LogP contribution in [0.1, 0.15) is 49.2 Å². The fourth-order valence-electron chi connectivity index (χ4n) is 3.38.